The number of hydrogen-bond acceptors (Lipinski definition) is 4. The van der Waals surface area contributed by atoms with Gasteiger partial charge in [0, 0.05) is 5.69 Å². The van der Waals surface area contributed by atoms with Crippen LogP contribution < -0.4 is 15.8 Å². The van der Waals surface area contributed by atoms with Gasteiger partial charge in [-0.1, -0.05) is 25.4 Å². The van der Waals surface area contributed by atoms with E-state index in [1.165, 1.54) is 6.26 Å². The van der Waals surface area contributed by atoms with Crippen molar-refractivity contribution < 1.29 is 13.9 Å². The minimum absolute atomic E-state index is 0.251. The maximum atomic E-state index is 12.1. The van der Waals surface area contributed by atoms with Gasteiger partial charge in [0.05, 0.1) is 23.7 Å². The molecule has 3 N–H and O–H groups in total. The fourth-order valence-electron chi connectivity index (χ4n) is 1.76. The van der Waals surface area contributed by atoms with Gasteiger partial charge in [-0.05, 0) is 30.2 Å². The van der Waals surface area contributed by atoms with Crippen LogP contribution in [0.4, 0.5) is 5.69 Å². The molecular formula is C16H19ClN2O3. The van der Waals surface area contributed by atoms with Crippen LogP contribution in [-0.4, -0.2) is 12.5 Å². The number of carbonyl (C=O) groups is 1. The molecule has 5 nitrogen and oxygen atoms in total. The summed E-state index contributed by atoms with van der Waals surface area (Å²) in [5.41, 5.74) is 6.44. The molecule has 118 valence electrons. The molecule has 2 aromatic rings. The van der Waals surface area contributed by atoms with Gasteiger partial charge in [0.2, 0.25) is 0 Å². The molecule has 0 unspecified atom stereocenters. The molecule has 1 aromatic carbocycles. The number of halogens is 1. The van der Waals surface area contributed by atoms with E-state index >= 15 is 0 Å². The zero-order valence-corrected chi connectivity index (χ0v) is 13.3. The second kappa shape index (κ2) is 7.33. The lowest BCUT2D eigenvalue weighted by Crippen LogP contribution is -2.11. The monoisotopic (exact) mass is 322 g/mol. The molecule has 0 fully saturated rings. The second-order valence-corrected chi connectivity index (χ2v) is 5.72. The number of rotatable bonds is 6. The highest BCUT2D eigenvalue weighted by molar-refractivity contribution is 6.32. The summed E-state index contributed by atoms with van der Waals surface area (Å²) in [6.07, 6.45) is 1.37. The molecule has 0 atom stereocenters. The maximum absolute atomic E-state index is 12.1. The summed E-state index contributed by atoms with van der Waals surface area (Å²) in [7, 11) is 0. The first-order valence-electron chi connectivity index (χ1n) is 7.00. The van der Waals surface area contributed by atoms with Crippen molar-refractivity contribution in [3.8, 4) is 5.75 Å². The Morgan fingerprint density at radius 2 is 2.18 bits per heavy atom. The van der Waals surface area contributed by atoms with Crippen LogP contribution in [-0.2, 0) is 6.54 Å². The first kappa shape index (κ1) is 16.4. The van der Waals surface area contributed by atoms with Crippen LogP contribution in [0.25, 0.3) is 0 Å². The fraction of sp³-hybridized carbons (Fsp3) is 0.312. The Hall–Kier alpha value is -1.98. The molecule has 0 bridgehead atoms. The Bertz CT molecular complexity index is 653. The molecule has 2 rings (SSSR count). The Morgan fingerprint density at radius 1 is 1.41 bits per heavy atom. The van der Waals surface area contributed by atoms with Crippen molar-refractivity contribution >= 4 is 23.2 Å². The molecule has 1 amide bonds. The largest absolute Gasteiger partial charge is 0.492 e. The maximum Gasteiger partial charge on any atom is 0.258 e. The summed E-state index contributed by atoms with van der Waals surface area (Å²) in [5.74, 6) is 1.28. The lowest BCUT2D eigenvalue weighted by atomic mass is 10.2. The van der Waals surface area contributed by atoms with Gasteiger partial charge in [0.1, 0.15) is 17.8 Å². The summed E-state index contributed by atoms with van der Waals surface area (Å²) >= 11 is 6.16. The Kier molecular flexibility index (Phi) is 5.46. The van der Waals surface area contributed by atoms with Crippen molar-refractivity contribution in [1.82, 2.24) is 0 Å². The van der Waals surface area contributed by atoms with E-state index in [1.807, 2.05) is 0 Å². The molecule has 0 radical (unpaired) electrons. The van der Waals surface area contributed by atoms with Crippen molar-refractivity contribution in [2.24, 2.45) is 11.7 Å². The predicted octanol–water partition coefficient (Wildman–Crippen LogP) is 3.68. The van der Waals surface area contributed by atoms with E-state index in [0.29, 0.717) is 40.3 Å². The van der Waals surface area contributed by atoms with Gasteiger partial charge >= 0.3 is 0 Å². The minimum atomic E-state index is -0.282. The topological polar surface area (TPSA) is 77.5 Å². The summed E-state index contributed by atoms with van der Waals surface area (Å²) in [6, 6.07) is 6.74. The van der Waals surface area contributed by atoms with Crippen molar-refractivity contribution in [1.29, 1.82) is 0 Å². The number of nitrogens with two attached hydrogens (primary N) is 1. The normalized spacial score (nSPS) is 10.8. The number of nitrogens with one attached hydrogen (secondary N) is 1. The average Bonchev–Trinajstić information content (AvgIpc) is 2.95. The summed E-state index contributed by atoms with van der Waals surface area (Å²) in [4.78, 5) is 12.1. The Labute approximate surface area is 134 Å². The molecule has 0 saturated carbocycles. The third-order valence-corrected chi connectivity index (χ3v) is 3.17. The highest BCUT2D eigenvalue weighted by atomic mass is 35.5. The molecule has 22 heavy (non-hydrogen) atoms. The van der Waals surface area contributed by atoms with Crippen LogP contribution in [0.15, 0.2) is 34.9 Å². The lowest BCUT2D eigenvalue weighted by Gasteiger charge is -2.11. The lowest BCUT2D eigenvalue weighted by molar-refractivity contribution is 0.102. The van der Waals surface area contributed by atoms with Crippen molar-refractivity contribution in [3.05, 3.63) is 46.9 Å². The van der Waals surface area contributed by atoms with E-state index in [9.17, 15) is 4.79 Å². The number of anilines is 1. The molecular weight excluding hydrogens is 304 g/mol. The van der Waals surface area contributed by atoms with Crippen LogP contribution in [0.3, 0.4) is 0 Å². The molecule has 1 heterocycles. The highest BCUT2D eigenvalue weighted by Gasteiger charge is 2.11. The van der Waals surface area contributed by atoms with Crippen LogP contribution in [0, 0.1) is 5.92 Å². The molecule has 0 aliphatic heterocycles. The second-order valence-electron chi connectivity index (χ2n) is 5.31. The SMILES string of the molecule is CC(C)COc1ccc(NC(=O)c2coc(CN)c2)cc1Cl. The first-order chi connectivity index (χ1) is 10.5. The van der Waals surface area contributed by atoms with Gasteiger partial charge < -0.3 is 20.2 Å². The number of furan rings is 1. The summed E-state index contributed by atoms with van der Waals surface area (Å²) in [6.45, 7) is 4.95. The molecule has 1 aromatic heterocycles. The van der Waals surface area contributed by atoms with E-state index in [0.717, 1.165) is 0 Å². The predicted molar refractivity (Wildman–Crippen MR) is 86.3 cm³/mol. The van der Waals surface area contributed by atoms with E-state index in [1.54, 1.807) is 24.3 Å². The zero-order valence-electron chi connectivity index (χ0n) is 12.6. The van der Waals surface area contributed by atoms with Crippen molar-refractivity contribution in [2.75, 3.05) is 11.9 Å². The summed E-state index contributed by atoms with van der Waals surface area (Å²) in [5, 5.41) is 3.20. The van der Waals surface area contributed by atoms with E-state index < -0.39 is 0 Å². The molecule has 0 aliphatic rings. The average molecular weight is 323 g/mol. The van der Waals surface area contributed by atoms with Gasteiger partial charge in [0.25, 0.3) is 5.91 Å². The molecule has 0 aliphatic carbocycles. The number of carbonyl (C=O) groups excluding carboxylic acids is 1. The van der Waals surface area contributed by atoms with Crippen LogP contribution in [0.1, 0.15) is 30.0 Å². The van der Waals surface area contributed by atoms with Gasteiger partial charge in [-0.2, -0.15) is 0 Å². The van der Waals surface area contributed by atoms with Crippen LogP contribution in [0.5, 0.6) is 5.75 Å². The van der Waals surface area contributed by atoms with Gasteiger partial charge in [0.15, 0.2) is 0 Å². The fourth-order valence-corrected chi connectivity index (χ4v) is 2.00. The van der Waals surface area contributed by atoms with Crippen LogP contribution in [0.2, 0.25) is 5.02 Å². The minimum Gasteiger partial charge on any atom is -0.492 e. The highest BCUT2D eigenvalue weighted by Crippen LogP contribution is 2.28. The zero-order chi connectivity index (χ0) is 16.1. The standard InChI is InChI=1S/C16H19ClN2O3/c1-10(2)8-22-15-4-3-12(6-14(15)17)19-16(20)11-5-13(7-18)21-9-11/h3-6,9-10H,7-8,18H2,1-2H3,(H,19,20). The number of benzene rings is 1. The molecule has 0 saturated heterocycles. The quantitative estimate of drug-likeness (QED) is 0.850. The number of ether oxygens (including phenoxy) is 1. The van der Waals surface area contributed by atoms with Crippen molar-refractivity contribution in [3.63, 3.8) is 0 Å². The molecule has 0 spiro atoms. The Balaban J connectivity index is 2.03. The van der Waals surface area contributed by atoms with Gasteiger partial charge in [-0.15, -0.1) is 0 Å². The first-order valence-corrected chi connectivity index (χ1v) is 7.38. The third-order valence-electron chi connectivity index (χ3n) is 2.88. The third kappa shape index (κ3) is 4.26. The Morgan fingerprint density at radius 3 is 2.77 bits per heavy atom. The van der Waals surface area contributed by atoms with Crippen molar-refractivity contribution in [2.45, 2.75) is 20.4 Å². The van der Waals surface area contributed by atoms with Gasteiger partial charge in [-0.25, -0.2) is 0 Å². The number of amides is 1. The van der Waals surface area contributed by atoms with E-state index in [2.05, 4.69) is 19.2 Å². The number of hydrogen-bond donors (Lipinski definition) is 2. The summed E-state index contributed by atoms with van der Waals surface area (Å²) < 4.78 is 10.7. The van der Waals surface area contributed by atoms with Gasteiger partial charge in [-0.3, -0.25) is 4.79 Å². The van der Waals surface area contributed by atoms with E-state index in [4.69, 9.17) is 26.5 Å². The smallest absolute Gasteiger partial charge is 0.258 e. The molecule has 6 heteroatoms. The van der Waals surface area contributed by atoms with Crippen LogP contribution >= 0.6 is 11.6 Å². The van der Waals surface area contributed by atoms with E-state index in [-0.39, 0.29) is 12.5 Å².